The Labute approximate surface area is 202 Å². The van der Waals surface area contributed by atoms with Gasteiger partial charge in [-0.2, -0.15) is 0 Å². The number of esters is 3. The van der Waals surface area contributed by atoms with E-state index < -0.39 is 36.3 Å². The molecule has 184 valence electrons. The van der Waals surface area contributed by atoms with Gasteiger partial charge in [-0.1, -0.05) is 6.92 Å². The zero-order chi connectivity index (χ0) is 25.4. The Morgan fingerprint density at radius 1 is 0.943 bits per heavy atom. The van der Waals surface area contributed by atoms with Gasteiger partial charge >= 0.3 is 17.9 Å². The van der Waals surface area contributed by atoms with Crippen LogP contribution in [-0.4, -0.2) is 56.6 Å². The Morgan fingerprint density at radius 3 is 2.20 bits per heavy atom. The molecule has 1 heterocycles. The number of carbonyl (C=O) groups is 5. The highest BCUT2D eigenvalue weighted by Gasteiger charge is 2.36. The van der Waals surface area contributed by atoms with Gasteiger partial charge in [-0.15, -0.1) is 0 Å². The molecule has 2 aromatic rings. The molecule has 0 aliphatic carbocycles. The van der Waals surface area contributed by atoms with Crippen molar-refractivity contribution in [2.75, 3.05) is 37.1 Å². The summed E-state index contributed by atoms with van der Waals surface area (Å²) in [5.74, 6) is -3.13. The van der Waals surface area contributed by atoms with Crippen LogP contribution in [0.15, 0.2) is 48.5 Å². The highest BCUT2D eigenvalue weighted by atomic mass is 16.5. The van der Waals surface area contributed by atoms with Crippen LogP contribution in [0.5, 0.6) is 0 Å². The van der Waals surface area contributed by atoms with Crippen LogP contribution >= 0.6 is 0 Å². The molecule has 1 atom stereocenters. The Bertz CT molecular complexity index is 1100. The maximum atomic E-state index is 12.4. The minimum atomic E-state index is -0.719. The summed E-state index contributed by atoms with van der Waals surface area (Å²) >= 11 is 0. The molecule has 1 aliphatic heterocycles. The number of nitrogens with one attached hydrogen (secondary N) is 1. The van der Waals surface area contributed by atoms with Gasteiger partial charge in [-0.3, -0.25) is 14.4 Å². The first-order valence-electron chi connectivity index (χ1n) is 11.0. The molecule has 0 aromatic heterocycles. The minimum Gasteiger partial charge on any atom is -0.465 e. The number of rotatable bonds is 9. The molecule has 10 heteroatoms. The lowest BCUT2D eigenvalue weighted by molar-refractivity contribution is -0.151. The second-order valence-corrected chi connectivity index (χ2v) is 7.81. The highest BCUT2D eigenvalue weighted by molar-refractivity contribution is 6.00. The van der Waals surface area contributed by atoms with Crippen LogP contribution in [0.3, 0.4) is 0 Å². The minimum absolute atomic E-state index is 0.0459. The maximum absolute atomic E-state index is 12.4. The predicted molar refractivity (Wildman–Crippen MR) is 125 cm³/mol. The third-order valence-electron chi connectivity index (χ3n) is 5.25. The van der Waals surface area contributed by atoms with Gasteiger partial charge in [0.25, 0.3) is 5.91 Å². The summed E-state index contributed by atoms with van der Waals surface area (Å²) in [4.78, 5) is 61.8. The number of anilines is 2. The molecule has 1 N–H and O–H groups in total. The van der Waals surface area contributed by atoms with Crippen molar-refractivity contribution in [2.45, 2.75) is 19.8 Å². The molecule has 2 amide bonds. The molecule has 2 aromatic carbocycles. The zero-order valence-electron chi connectivity index (χ0n) is 19.4. The first kappa shape index (κ1) is 25.4. The highest BCUT2D eigenvalue weighted by Crippen LogP contribution is 2.26. The van der Waals surface area contributed by atoms with Gasteiger partial charge in [0.2, 0.25) is 5.91 Å². The number of nitrogens with zero attached hydrogens (tertiary/aromatic N) is 1. The predicted octanol–water partition coefficient (Wildman–Crippen LogP) is 2.57. The quantitative estimate of drug-likeness (QED) is 0.427. The van der Waals surface area contributed by atoms with Gasteiger partial charge in [0.15, 0.2) is 6.61 Å². The Hall–Kier alpha value is -4.21. The number of ether oxygens (including phenoxy) is 3. The van der Waals surface area contributed by atoms with Gasteiger partial charge in [0.1, 0.15) is 0 Å². The summed E-state index contributed by atoms with van der Waals surface area (Å²) in [6, 6.07) is 12.4. The molecule has 1 fully saturated rings. The van der Waals surface area contributed by atoms with E-state index in [0.29, 0.717) is 29.1 Å². The van der Waals surface area contributed by atoms with Crippen molar-refractivity contribution in [3.63, 3.8) is 0 Å². The molecule has 3 rings (SSSR count). The van der Waals surface area contributed by atoms with E-state index >= 15 is 0 Å². The topological polar surface area (TPSA) is 128 Å². The molecular weight excluding hydrogens is 456 g/mol. The van der Waals surface area contributed by atoms with Crippen molar-refractivity contribution in [3.8, 4) is 0 Å². The Morgan fingerprint density at radius 2 is 1.57 bits per heavy atom. The van der Waals surface area contributed by atoms with Crippen molar-refractivity contribution in [2.24, 2.45) is 5.92 Å². The van der Waals surface area contributed by atoms with Crippen molar-refractivity contribution < 1.29 is 38.2 Å². The standard InChI is InChI=1S/C25H26N2O8/c1-3-12-34-24(31)17-6-10-20(11-7-17)27-14-18(13-22(27)29)25(32)35-15-21(28)26-19-8-4-16(5-9-19)23(30)33-2/h4-11,18H,3,12-15H2,1-2H3,(H,26,28)/t18-/m0/s1. The number of carbonyl (C=O) groups excluding carboxylic acids is 5. The summed E-state index contributed by atoms with van der Waals surface area (Å²) in [6.07, 6.45) is 0.672. The van der Waals surface area contributed by atoms with Gasteiger partial charge < -0.3 is 24.4 Å². The van der Waals surface area contributed by atoms with Crippen molar-refractivity contribution in [3.05, 3.63) is 59.7 Å². The van der Waals surface area contributed by atoms with E-state index in [0.717, 1.165) is 6.42 Å². The van der Waals surface area contributed by atoms with Crippen LogP contribution in [0.1, 0.15) is 40.5 Å². The van der Waals surface area contributed by atoms with E-state index in [1.54, 1.807) is 24.3 Å². The molecule has 0 spiro atoms. The fourth-order valence-electron chi connectivity index (χ4n) is 3.43. The van der Waals surface area contributed by atoms with Crippen LogP contribution in [0.2, 0.25) is 0 Å². The van der Waals surface area contributed by atoms with Crippen LogP contribution in [0.4, 0.5) is 11.4 Å². The van der Waals surface area contributed by atoms with Crippen LogP contribution in [-0.2, 0) is 28.6 Å². The summed E-state index contributed by atoms with van der Waals surface area (Å²) in [6.45, 7) is 1.81. The van der Waals surface area contributed by atoms with Gasteiger partial charge in [-0.25, -0.2) is 9.59 Å². The molecule has 0 unspecified atom stereocenters. The molecule has 10 nitrogen and oxygen atoms in total. The average Bonchev–Trinajstić information content (AvgIpc) is 3.27. The molecular formula is C25H26N2O8. The summed E-state index contributed by atoms with van der Waals surface area (Å²) in [7, 11) is 1.27. The van der Waals surface area contributed by atoms with Crippen molar-refractivity contribution in [1.29, 1.82) is 0 Å². The molecule has 0 saturated carbocycles. The zero-order valence-corrected chi connectivity index (χ0v) is 19.4. The number of methoxy groups -OCH3 is 1. The third kappa shape index (κ3) is 6.66. The summed E-state index contributed by atoms with van der Waals surface area (Å²) in [5.41, 5.74) is 1.67. The monoisotopic (exact) mass is 482 g/mol. The summed E-state index contributed by atoms with van der Waals surface area (Å²) in [5, 5.41) is 2.56. The van der Waals surface area contributed by atoms with E-state index in [9.17, 15) is 24.0 Å². The smallest absolute Gasteiger partial charge is 0.338 e. The average molecular weight is 482 g/mol. The lowest BCUT2D eigenvalue weighted by Gasteiger charge is -2.17. The fourth-order valence-corrected chi connectivity index (χ4v) is 3.43. The van der Waals surface area contributed by atoms with Crippen molar-refractivity contribution >= 4 is 41.1 Å². The molecule has 0 radical (unpaired) electrons. The number of benzene rings is 2. The van der Waals surface area contributed by atoms with Gasteiger partial charge in [0, 0.05) is 24.3 Å². The van der Waals surface area contributed by atoms with E-state index in [-0.39, 0.29) is 18.9 Å². The van der Waals surface area contributed by atoms with Gasteiger partial charge in [-0.05, 0) is 55.0 Å². The first-order chi connectivity index (χ1) is 16.8. The van der Waals surface area contributed by atoms with E-state index in [4.69, 9.17) is 9.47 Å². The fraction of sp³-hybridized carbons (Fsp3) is 0.320. The Balaban J connectivity index is 1.49. The lowest BCUT2D eigenvalue weighted by Crippen LogP contribution is -2.28. The van der Waals surface area contributed by atoms with Crippen LogP contribution in [0, 0.1) is 5.92 Å². The molecule has 35 heavy (non-hydrogen) atoms. The number of amides is 2. The van der Waals surface area contributed by atoms with E-state index in [1.165, 1.54) is 36.3 Å². The molecule has 0 bridgehead atoms. The lowest BCUT2D eigenvalue weighted by atomic mass is 10.1. The second kappa shape index (κ2) is 11.8. The summed E-state index contributed by atoms with van der Waals surface area (Å²) < 4.78 is 14.8. The number of hydrogen-bond acceptors (Lipinski definition) is 8. The second-order valence-electron chi connectivity index (χ2n) is 7.81. The Kier molecular flexibility index (Phi) is 8.55. The van der Waals surface area contributed by atoms with E-state index in [1.807, 2.05) is 6.92 Å². The van der Waals surface area contributed by atoms with Crippen molar-refractivity contribution in [1.82, 2.24) is 0 Å². The SMILES string of the molecule is CCCOC(=O)c1ccc(N2C[C@@H](C(=O)OCC(=O)Nc3ccc(C(=O)OC)cc3)CC2=O)cc1. The van der Waals surface area contributed by atoms with Crippen LogP contribution < -0.4 is 10.2 Å². The molecule has 1 saturated heterocycles. The molecule has 1 aliphatic rings. The number of hydrogen-bond donors (Lipinski definition) is 1. The van der Waals surface area contributed by atoms with Gasteiger partial charge in [0.05, 0.1) is 30.8 Å². The normalized spacial score (nSPS) is 14.9. The third-order valence-corrected chi connectivity index (χ3v) is 5.25. The van der Waals surface area contributed by atoms with Crippen LogP contribution in [0.25, 0.3) is 0 Å². The van der Waals surface area contributed by atoms with E-state index in [2.05, 4.69) is 10.1 Å². The largest absolute Gasteiger partial charge is 0.465 e. The first-order valence-corrected chi connectivity index (χ1v) is 11.0. The maximum Gasteiger partial charge on any atom is 0.338 e.